The SMILES string of the molecule is O=C(Cc1ccccc1)N1CCCN(C(=O)C2CC(=O)N(Cc3ccccc3)C2)CC1. The van der Waals surface area contributed by atoms with Gasteiger partial charge in [-0.3, -0.25) is 14.4 Å². The fourth-order valence-electron chi connectivity index (χ4n) is 4.42. The maximum Gasteiger partial charge on any atom is 0.228 e. The van der Waals surface area contributed by atoms with E-state index in [0.717, 1.165) is 17.5 Å². The van der Waals surface area contributed by atoms with Crippen LogP contribution < -0.4 is 0 Å². The second kappa shape index (κ2) is 9.77. The maximum atomic E-state index is 13.1. The molecule has 0 N–H and O–H groups in total. The van der Waals surface area contributed by atoms with Gasteiger partial charge in [0.1, 0.15) is 0 Å². The molecule has 6 heteroatoms. The molecule has 2 saturated heterocycles. The van der Waals surface area contributed by atoms with Crippen molar-refractivity contribution in [2.75, 3.05) is 32.7 Å². The van der Waals surface area contributed by atoms with Gasteiger partial charge in [-0.15, -0.1) is 0 Å². The van der Waals surface area contributed by atoms with Crippen LogP contribution in [0.4, 0.5) is 0 Å². The molecule has 0 bridgehead atoms. The Balaban J connectivity index is 1.30. The Kier molecular flexibility index (Phi) is 6.65. The van der Waals surface area contributed by atoms with Crippen molar-refractivity contribution in [3.63, 3.8) is 0 Å². The van der Waals surface area contributed by atoms with Crippen LogP contribution in [0.25, 0.3) is 0 Å². The molecule has 0 spiro atoms. The highest BCUT2D eigenvalue weighted by atomic mass is 16.2. The van der Waals surface area contributed by atoms with Gasteiger partial charge in [0.05, 0.1) is 12.3 Å². The Morgan fingerprint density at radius 1 is 0.806 bits per heavy atom. The minimum atomic E-state index is -0.289. The highest BCUT2D eigenvalue weighted by Gasteiger charge is 2.37. The van der Waals surface area contributed by atoms with Crippen LogP contribution in [0.15, 0.2) is 60.7 Å². The quantitative estimate of drug-likeness (QED) is 0.747. The molecular weight excluding hydrogens is 390 g/mol. The van der Waals surface area contributed by atoms with Gasteiger partial charge in [0.2, 0.25) is 17.7 Å². The van der Waals surface area contributed by atoms with Crippen LogP contribution in [-0.4, -0.2) is 65.1 Å². The fourth-order valence-corrected chi connectivity index (χ4v) is 4.42. The van der Waals surface area contributed by atoms with Gasteiger partial charge in [-0.2, -0.15) is 0 Å². The number of rotatable bonds is 5. The van der Waals surface area contributed by atoms with E-state index >= 15 is 0 Å². The van der Waals surface area contributed by atoms with E-state index in [2.05, 4.69) is 0 Å². The third kappa shape index (κ3) is 5.32. The number of nitrogens with zero attached hydrogens (tertiary/aromatic N) is 3. The lowest BCUT2D eigenvalue weighted by atomic mass is 10.1. The smallest absolute Gasteiger partial charge is 0.228 e. The lowest BCUT2D eigenvalue weighted by molar-refractivity contribution is -0.136. The van der Waals surface area contributed by atoms with Crippen molar-refractivity contribution in [2.24, 2.45) is 5.92 Å². The fraction of sp³-hybridized carbons (Fsp3) is 0.400. The molecule has 0 radical (unpaired) electrons. The van der Waals surface area contributed by atoms with Gasteiger partial charge in [-0.25, -0.2) is 0 Å². The Bertz CT molecular complexity index is 916. The highest BCUT2D eigenvalue weighted by molar-refractivity contribution is 5.89. The van der Waals surface area contributed by atoms with Crippen molar-refractivity contribution >= 4 is 17.7 Å². The van der Waals surface area contributed by atoms with E-state index in [4.69, 9.17) is 0 Å². The minimum absolute atomic E-state index is 0.0386. The summed E-state index contributed by atoms with van der Waals surface area (Å²) < 4.78 is 0. The molecule has 0 aliphatic carbocycles. The van der Waals surface area contributed by atoms with Gasteiger partial charge >= 0.3 is 0 Å². The van der Waals surface area contributed by atoms with Gasteiger partial charge in [0.15, 0.2) is 0 Å². The van der Waals surface area contributed by atoms with Crippen molar-refractivity contribution in [3.8, 4) is 0 Å². The van der Waals surface area contributed by atoms with Gasteiger partial charge < -0.3 is 14.7 Å². The summed E-state index contributed by atoms with van der Waals surface area (Å²) in [4.78, 5) is 43.7. The summed E-state index contributed by atoms with van der Waals surface area (Å²) >= 11 is 0. The first-order chi connectivity index (χ1) is 15.1. The van der Waals surface area contributed by atoms with E-state index in [1.807, 2.05) is 70.5 Å². The van der Waals surface area contributed by atoms with E-state index in [-0.39, 0.29) is 30.1 Å². The topological polar surface area (TPSA) is 60.9 Å². The standard InChI is InChI=1S/C25H29N3O3/c29-23(16-20-8-3-1-4-9-20)26-12-7-13-27(15-14-26)25(31)22-17-24(30)28(19-22)18-21-10-5-2-6-11-21/h1-6,8-11,22H,7,12-19H2. The average molecular weight is 420 g/mol. The molecule has 162 valence electrons. The van der Waals surface area contributed by atoms with E-state index in [1.165, 1.54) is 0 Å². The third-order valence-corrected chi connectivity index (χ3v) is 6.14. The molecule has 2 heterocycles. The van der Waals surface area contributed by atoms with Crippen molar-refractivity contribution in [3.05, 3.63) is 71.8 Å². The minimum Gasteiger partial charge on any atom is -0.341 e. The molecule has 1 unspecified atom stereocenters. The summed E-state index contributed by atoms with van der Waals surface area (Å²) in [5.41, 5.74) is 2.08. The third-order valence-electron chi connectivity index (χ3n) is 6.14. The van der Waals surface area contributed by atoms with E-state index in [9.17, 15) is 14.4 Å². The van der Waals surface area contributed by atoms with Gasteiger partial charge in [-0.1, -0.05) is 60.7 Å². The maximum absolute atomic E-state index is 13.1. The monoisotopic (exact) mass is 419 g/mol. The second-order valence-electron chi connectivity index (χ2n) is 8.38. The summed E-state index contributed by atoms with van der Waals surface area (Å²) in [7, 11) is 0. The summed E-state index contributed by atoms with van der Waals surface area (Å²) in [5, 5.41) is 0. The van der Waals surface area contributed by atoms with Crippen molar-refractivity contribution in [1.82, 2.24) is 14.7 Å². The number of hydrogen-bond donors (Lipinski definition) is 0. The van der Waals surface area contributed by atoms with Gasteiger partial charge in [-0.05, 0) is 17.5 Å². The normalized spacial score (nSPS) is 19.4. The van der Waals surface area contributed by atoms with E-state index in [0.29, 0.717) is 45.7 Å². The average Bonchev–Trinajstić information content (AvgIpc) is 2.99. The van der Waals surface area contributed by atoms with Crippen molar-refractivity contribution in [2.45, 2.75) is 25.8 Å². The zero-order chi connectivity index (χ0) is 21.6. The van der Waals surface area contributed by atoms with E-state index < -0.39 is 0 Å². The predicted molar refractivity (Wildman–Crippen MR) is 118 cm³/mol. The summed E-state index contributed by atoms with van der Waals surface area (Å²) in [6.07, 6.45) is 1.43. The van der Waals surface area contributed by atoms with Crippen LogP contribution in [0.2, 0.25) is 0 Å². The molecule has 4 rings (SSSR count). The van der Waals surface area contributed by atoms with Crippen molar-refractivity contribution in [1.29, 1.82) is 0 Å². The highest BCUT2D eigenvalue weighted by Crippen LogP contribution is 2.23. The zero-order valence-corrected chi connectivity index (χ0v) is 17.8. The van der Waals surface area contributed by atoms with Crippen LogP contribution in [0.5, 0.6) is 0 Å². The lowest BCUT2D eigenvalue weighted by Crippen LogP contribution is -2.41. The molecular formula is C25H29N3O3. The first-order valence-electron chi connectivity index (χ1n) is 11.0. The van der Waals surface area contributed by atoms with E-state index in [1.54, 1.807) is 4.90 Å². The summed E-state index contributed by atoms with van der Waals surface area (Å²) in [6, 6.07) is 19.6. The molecule has 2 aliphatic rings. The van der Waals surface area contributed by atoms with Crippen molar-refractivity contribution < 1.29 is 14.4 Å². The molecule has 2 aliphatic heterocycles. The molecule has 3 amide bonds. The number of hydrogen-bond acceptors (Lipinski definition) is 3. The van der Waals surface area contributed by atoms with Crippen LogP contribution in [0, 0.1) is 5.92 Å². The van der Waals surface area contributed by atoms with Crippen LogP contribution >= 0.6 is 0 Å². The molecule has 2 aromatic rings. The van der Waals surface area contributed by atoms with Gasteiger partial charge in [0.25, 0.3) is 0 Å². The number of benzene rings is 2. The Morgan fingerprint density at radius 3 is 2.13 bits per heavy atom. The van der Waals surface area contributed by atoms with Gasteiger partial charge in [0, 0.05) is 45.7 Å². The largest absolute Gasteiger partial charge is 0.341 e. The zero-order valence-electron chi connectivity index (χ0n) is 17.8. The number of likely N-dealkylation sites (tertiary alicyclic amines) is 1. The first-order valence-corrected chi connectivity index (χ1v) is 11.0. The van der Waals surface area contributed by atoms with Crippen LogP contribution in [0.3, 0.4) is 0 Å². The number of amides is 3. The number of carbonyl (C=O) groups is 3. The van der Waals surface area contributed by atoms with Crippen LogP contribution in [0.1, 0.15) is 24.0 Å². The Hall–Kier alpha value is -3.15. The summed E-state index contributed by atoms with van der Waals surface area (Å²) in [5.74, 6) is -0.105. The molecule has 0 aromatic heterocycles. The molecule has 2 aromatic carbocycles. The number of carbonyl (C=O) groups excluding carboxylic acids is 3. The molecule has 6 nitrogen and oxygen atoms in total. The molecule has 31 heavy (non-hydrogen) atoms. The lowest BCUT2D eigenvalue weighted by Gasteiger charge is -2.24. The predicted octanol–water partition coefficient (Wildman–Crippen LogP) is 2.34. The second-order valence-corrected chi connectivity index (χ2v) is 8.38. The van der Waals surface area contributed by atoms with Crippen LogP contribution in [-0.2, 0) is 27.3 Å². The Morgan fingerprint density at radius 2 is 1.42 bits per heavy atom. The molecule has 1 atom stereocenters. The first kappa shape index (κ1) is 21.1. The summed E-state index contributed by atoms with van der Waals surface area (Å²) in [6.45, 7) is 3.40. The molecule has 2 fully saturated rings. The molecule has 0 saturated carbocycles. The Labute approximate surface area is 183 Å².